The molecule has 0 radical (unpaired) electrons. The van der Waals surface area contributed by atoms with E-state index in [1.54, 1.807) is 0 Å². The Morgan fingerprint density at radius 3 is 2.43 bits per heavy atom. The van der Waals surface area contributed by atoms with Gasteiger partial charge in [-0.2, -0.15) is 0 Å². The van der Waals surface area contributed by atoms with E-state index in [1.807, 2.05) is 0 Å². The molecule has 1 N–H and O–H groups in total. The van der Waals surface area contributed by atoms with Crippen LogP contribution in [0.1, 0.15) is 34.1 Å². The maximum atomic E-state index is 4.09. The maximum absolute atomic E-state index is 4.09. The SMILES string of the molecule is C=C(NC(C)C)N1CCC(C(C)C)C1. The summed E-state index contributed by atoms with van der Waals surface area (Å²) in [7, 11) is 0. The van der Waals surface area contributed by atoms with Crippen molar-refractivity contribution in [1.29, 1.82) is 0 Å². The number of nitrogens with one attached hydrogen (secondary N) is 1. The van der Waals surface area contributed by atoms with Gasteiger partial charge in [0.2, 0.25) is 0 Å². The summed E-state index contributed by atoms with van der Waals surface area (Å²) in [5, 5.41) is 3.38. The van der Waals surface area contributed by atoms with E-state index in [0.29, 0.717) is 6.04 Å². The predicted molar refractivity (Wildman–Crippen MR) is 61.9 cm³/mol. The largest absolute Gasteiger partial charge is 0.370 e. The van der Waals surface area contributed by atoms with Crippen LogP contribution in [0.4, 0.5) is 0 Å². The fourth-order valence-corrected chi connectivity index (χ4v) is 2.00. The van der Waals surface area contributed by atoms with E-state index in [2.05, 4.69) is 44.5 Å². The fraction of sp³-hybridized carbons (Fsp3) is 0.833. The van der Waals surface area contributed by atoms with Gasteiger partial charge in [0.1, 0.15) is 0 Å². The zero-order valence-electron chi connectivity index (χ0n) is 10.0. The third-order valence-corrected chi connectivity index (χ3v) is 3.00. The monoisotopic (exact) mass is 196 g/mol. The Morgan fingerprint density at radius 2 is 2.00 bits per heavy atom. The quantitative estimate of drug-likeness (QED) is 0.743. The van der Waals surface area contributed by atoms with Crippen LogP contribution < -0.4 is 5.32 Å². The highest BCUT2D eigenvalue weighted by molar-refractivity contribution is 4.96. The van der Waals surface area contributed by atoms with Gasteiger partial charge in [-0.15, -0.1) is 0 Å². The van der Waals surface area contributed by atoms with Crippen molar-refractivity contribution in [3.8, 4) is 0 Å². The van der Waals surface area contributed by atoms with Crippen molar-refractivity contribution in [2.45, 2.75) is 40.2 Å². The minimum atomic E-state index is 0.487. The second-order valence-corrected chi connectivity index (χ2v) is 4.98. The molecular weight excluding hydrogens is 172 g/mol. The molecule has 0 amide bonds. The number of likely N-dealkylation sites (tertiary alicyclic amines) is 1. The summed E-state index contributed by atoms with van der Waals surface area (Å²) in [5.74, 6) is 2.75. The Morgan fingerprint density at radius 1 is 1.36 bits per heavy atom. The zero-order chi connectivity index (χ0) is 10.7. The highest BCUT2D eigenvalue weighted by atomic mass is 15.3. The van der Waals surface area contributed by atoms with Crippen LogP contribution in [-0.2, 0) is 0 Å². The Balaban J connectivity index is 2.38. The number of hydrogen-bond donors (Lipinski definition) is 1. The van der Waals surface area contributed by atoms with Gasteiger partial charge >= 0.3 is 0 Å². The highest BCUT2D eigenvalue weighted by Crippen LogP contribution is 2.25. The molecule has 0 saturated carbocycles. The fourth-order valence-electron chi connectivity index (χ4n) is 2.00. The number of nitrogens with zero attached hydrogens (tertiary/aromatic N) is 1. The lowest BCUT2D eigenvalue weighted by Crippen LogP contribution is -2.33. The van der Waals surface area contributed by atoms with Gasteiger partial charge in [0, 0.05) is 19.1 Å². The summed E-state index contributed by atoms with van der Waals surface area (Å²) in [5.41, 5.74) is 0. The van der Waals surface area contributed by atoms with E-state index in [9.17, 15) is 0 Å². The maximum Gasteiger partial charge on any atom is 0.0940 e. The van der Waals surface area contributed by atoms with Gasteiger partial charge < -0.3 is 10.2 Å². The Kier molecular flexibility index (Phi) is 3.85. The summed E-state index contributed by atoms with van der Waals surface area (Å²) in [6.07, 6.45) is 1.32. The van der Waals surface area contributed by atoms with Crippen molar-refractivity contribution < 1.29 is 0 Å². The molecule has 1 aliphatic heterocycles. The molecule has 1 saturated heterocycles. The molecule has 0 aliphatic carbocycles. The lowest BCUT2D eigenvalue weighted by Gasteiger charge is -2.24. The summed E-state index contributed by atoms with van der Waals surface area (Å²) in [6, 6.07) is 0.487. The molecular formula is C12H24N2. The van der Waals surface area contributed by atoms with Crippen LogP contribution in [0.3, 0.4) is 0 Å². The van der Waals surface area contributed by atoms with Gasteiger partial charge in [-0.3, -0.25) is 0 Å². The molecule has 1 fully saturated rings. The molecule has 1 atom stereocenters. The number of hydrogen-bond acceptors (Lipinski definition) is 2. The zero-order valence-corrected chi connectivity index (χ0v) is 10.0. The van der Waals surface area contributed by atoms with Crippen molar-refractivity contribution in [1.82, 2.24) is 10.2 Å². The molecule has 1 heterocycles. The molecule has 0 aromatic rings. The molecule has 2 heteroatoms. The third kappa shape index (κ3) is 2.93. The van der Waals surface area contributed by atoms with Crippen molar-refractivity contribution in [3.63, 3.8) is 0 Å². The van der Waals surface area contributed by atoms with Crippen LogP contribution in [0.5, 0.6) is 0 Å². The lowest BCUT2D eigenvalue weighted by molar-refractivity contribution is 0.335. The summed E-state index contributed by atoms with van der Waals surface area (Å²) in [4.78, 5) is 2.38. The minimum Gasteiger partial charge on any atom is -0.370 e. The first-order valence-corrected chi connectivity index (χ1v) is 5.71. The van der Waals surface area contributed by atoms with Crippen LogP contribution in [-0.4, -0.2) is 24.0 Å². The van der Waals surface area contributed by atoms with Crippen molar-refractivity contribution in [2.24, 2.45) is 11.8 Å². The molecule has 0 spiro atoms. The van der Waals surface area contributed by atoms with Gasteiger partial charge in [0.25, 0.3) is 0 Å². The molecule has 0 aromatic heterocycles. The number of rotatable bonds is 4. The standard InChI is InChI=1S/C12H24N2/c1-9(2)12-6-7-14(8-12)11(5)13-10(3)4/h9-10,12-13H,5-8H2,1-4H3. The minimum absolute atomic E-state index is 0.487. The predicted octanol–water partition coefficient (Wildman–Crippen LogP) is 2.43. The first-order chi connectivity index (χ1) is 6.50. The van der Waals surface area contributed by atoms with E-state index in [4.69, 9.17) is 0 Å². The Hall–Kier alpha value is -0.660. The summed E-state index contributed by atoms with van der Waals surface area (Å²) < 4.78 is 0. The summed E-state index contributed by atoms with van der Waals surface area (Å²) in [6.45, 7) is 15.4. The Labute approximate surface area is 88.4 Å². The second-order valence-electron chi connectivity index (χ2n) is 4.98. The van der Waals surface area contributed by atoms with E-state index in [-0.39, 0.29) is 0 Å². The first kappa shape index (κ1) is 11.4. The van der Waals surface area contributed by atoms with Crippen LogP contribution >= 0.6 is 0 Å². The molecule has 82 valence electrons. The third-order valence-electron chi connectivity index (χ3n) is 3.00. The van der Waals surface area contributed by atoms with Crippen LogP contribution in [0, 0.1) is 11.8 Å². The van der Waals surface area contributed by atoms with Gasteiger partial charge in [0.15, 0.2) is 0 Å². The average molecular weight is 196 g/mol. The molecule has 2 nitrogen and oxygen atoms in total. The van der Waals surface area contributed by atoms with Crippen molar-refractivity contribution in [3.05, 3.63) is 12.4 Å². The van der Waals surface area contributed by atoms with Gasteiger partial charge in [-0.05, 0) is 32.1 Å². The molecule has 0 bridgehead atoms. The van der Waals surface area contributed by atoms with Crippen LogP contribution in [0.25, 0.3) is 0 Å². The van der Waals surface area contributed by atoms with Gasteiger partial charge in [-0.1, -0.05) is 20.4 Å². The van der Waals surface area contributed by atoms with E-state index in [1.165, 1.54) is 19.5 Å². The van der Waals surface area contributed by atoms with Gasteiger partial charge in [-0.25, -0.2) is 0 Å². The van der Waals surface area contributed by atoms with Crippen LogP contribution in [0.15, 0.2) is 12.4 Å². The normalized spacial score (nSPS) is 22.1. The van der Waals surface area contributed by atoms with E-state index >= 15 is 0 Å². The Bertz CT molecular complexity index is 196. The van der Waals surface area contributed by atoms with E-state index < -0.39 is 0 Å². The molecule has 1 rings (SSSR count). The lowest BCUT2D eigenvalue weighted by atomic mass is 9.95. The van der Waals surface area contributed by atoms with Crippen LogP contribution in [0.2, 0.25) is 0 Å². The highest BCUT2D eigenvalue weighted by Gasteiger charge is 2.25. The topological polar surface area (TPSA) is 15.3 Å². The molecule has 1 aliphatic rings. The smallest absolute Gasteiger partial charge is 0.0940 e. The molecule has 0 aromatic carbocycles. The van der Waals surface area contributed by atoms with Crippen molar-refractivity contribution in [2.75, 3.05) is 13.1 Å². The average Bonchev–Trinajstić information content (AvgIpc) is 2.50. The van der Waals surface area contributed by atoms with Crippen molar-refractivity contribution >= 4 is 0 Å². The second kappa shape index (κ2) is 4.72. The first-order valence-electron chi connectivity index (χ1n) is 5.71. The van der Waals surface area contributed by atoms with Gasteiger partial charge in [0.05, 0.1) is 5.82 Å². The molecule has 14 heavy (non-hydrogen) atoms. The summed E-state index contributed by atoms with van der Waals surface area (Å²) >= 11 is 0. The van der Waals surface area contributed by atoms with E-state index in [0.717, 1.165) is 17.7 Å². The molecule has 1 unspecified atom stereocenters.